The van der Waals surface area contributed by atoms with Gasteiger partial charge in [-0.3, -0.25) is 0 Å². The van der Waals surface area contributed by atoms with E-state index in [1.165, 1.54) is 0 Å². The van der Waals surface area contributed by atoms with E-state index in [2.05, 4.69) is 42.0 Å². The maximum Gasteiger partial charge on any atom is 0.137 e. The molecule has 0 aliphatic heterocycles. The first-order chi connectivity index (χ1) is 8.37. The van der Waals surface area contributed by atoms with Crippen LogP contribution in [-0.4, -0.2) is 14.2 Å². The van der Waals surface area contributed by atoms with Crippen LogP contribution in [0.3, 0.4) is 0 Å². The number of benzene rings is 1. The molecule has 0 fully saturated rings. The normalized spacial score (nSPS) is 13.5. The molecule has 0 heterocycles. The Morgan fingerprint density at radius 1 is 1.44 bits per heavy atom. The standard InChI is InChI=1S/C14H21BrClNO/c1-6-14(2,3)13(17-4)10-7-9(16)8-11(15)12(10)18-5/h7-8,13,17H,6H2,1-5H3. The summed E-state index contributed by atoms with van der Waals surface area (Å²) in [6.45, 7) is 6.67. The van der Waals surface area contributed by atoms with Gasteiger partial charge in [0.2, 0.25) is 0 Å². The van der Waals surface area contributed by atoms with Crippen LogP contribution in [0.4, 0.5) is 0 Å². The Balaban J connectivity index is 3.37. The largest absolute Gasteiger partial charge is 0.495 e. The van der Waals surface area contributed by atoms with Crippen molar-refractivity contribution in [1.82, 2.24) is 5.32 Å². The number of hydrogen-bond acceptors (Lipinski definition) is 2. The fourth-order valence-corrected chi connectivity index (χ4v) is 3.18. The molecular weight excluding hydrogens is 314 g/mol. The summed E-state index contributed by atoms with van der Waals surface area (Å²) in [6, 6.07) is 4.02. The molecule has 0 saturated carbocycles. The molecule has 0 aliphatic carbocycles. The summed E-state index contributed by atoms with van der Waals surface area (Å²) in [4.78, 5) is 0. The van der Waals surface area contributed by atoms with Crippen molar-refractivity contribution in [2.45, 2.75) is 33.2 Å². The molecule has 1 aromatic carbocycles. The van der Waals surface area contributed by atoms with Gasteiger partial charge in [-0.15, -0.1) is 0 Å². The number of rotatable bonds is 5. The molecule has 0 aromatic heterocycles. The summed E-state index contributed by atoms with van der Waals surface area (Å²) < 4.78 is 6.40. The van der Waals surface area contributed by atoms with Crippen molar-refractivity contribution in [2.75, 3.05) is 14.2 Å². The molecule has 0 radical (unpaired) electrons. The lowest BCUT2D eigenvalue weighted by Crippen LogP contribution is -2.32. The lowest BCUT2D eigenvalue weighted by molar-refractivity contribution is 0.239. The summed E-state index contributed by atoms with van der Waals surface area (Å²) in [5, 5.41) is 4.09. The highest BCUT2D eigenvalue weighted by Gasteiger charge is 2.31. The van der Waals surface area contributed by atoms with E-state index in [1.807, 2.05) is 19.2 Å². The molecule has 4 heteroatoms. The maximum atomic E-state index is 6.16. The summed E-state index contributed by atoms with van der Waals surface area (Å²) >= 11 is 9.67. The third-order valence-corrected chi connectivity index (χ3v) is 4.34. The monoisotopic (exact) mass is 333 g/mol. The lowest BCUT2D eigenvalue weighted by Gasteiger charge is -2.34. The summed E-state index contributed by atoms with van der Waals surface area (Å²) in [7, 11) is 3.65. The highest BCUT2D eigenvalue weighted by atomic mass is 79.9. The van der Waals surface area contributed by atoms with Gasteiger partial charge >= 0.3 is 0 Å². The molecule has 0 saturated heterocycles. The topological polar surface area (TPSA) is 21.3 Å². The second kappa shape index (κ2) is 6.27. The van der Waals surface area contributed by atoms with Crippen molar-refractivity contribution < 1.29 is 4.74 Å². The zero-order chi connectivity index (χ0) is 13.9. The Morgan fingerprint density at radius 3 is 2.50 bits per heavy atom. The van der Waals surface area contributed by atoms with Crippen LogP contribution in [-0.2, 0) is 0 Å². The minimum Gasteiger partial charge on any atom is -0.495 e. The van der Waals surface area contributed by atoms with Gasteiger partial charge in [0.25, 0.3) is 0 Å². The van der Waals surface area contributed by atoms with Crippen LogP contribution in [0.15, 0.2) is 16.6 Å². The average Bonchev–Trinajstić information content (AvgIpc) is 2.29. The van der Waals surface area contributed by atoms with E-state index < -0.39 is 0 Å². The van der Waals surface area contributed by atoms with E-state index in [0.29, 0.717) is 5.02 Å². The second-order valence-electron chi connectivity index (χ2n) is 5.07. The van der Waals surface area contributed by atoms with E-state index in [1.54, 1.807) is 7.11 Å². The zero-order valence-corrected chi connectivity index (χ0v) is 13.9. The molecule has 1 aromatic rings. The number of nitrogens with one attached hydrogen (secondary N) is 1. The maximum absolute atomic E-state index is 6.16. The van der Waals surface area contributed by atoms with Crippen LogP contribution in [0.2, 0.25) is 5.02 Å². The summed E-state index contributed by atoms with van der Waals surface area (Å²) in [5.41, 5.74) is 1.21. The molecule has 1 rings (SSSR count). The van der Waals surface area contributed by atoms with Crippen LogP contribution in [0, 0.1) is 5.41 Å². The van der Waals surface area contributed by atoms with Gasteiger partial charge in [0.05, 0.1) is 11.6 Å². The Kier molecular flexibility index (Phi) is 5.50. The minimum absolute atomic E-state index is 0.117. The SMILES string of the molecule is CCC(C)(C)C(NC)c1cc(Cl)cc(Br)c1OC. The Morgan fingerprint density at radius 2 is 2.06 bits per heavy atom. The van der Waals surface area contributed by atoms with E-state index >= 15 is 0 Å². The van der Waals surface area contributed by atoms with Gasteiger partial charge < -0.3 is 10.1 Å². The number of hydrogen-bond donors (Lipinski definition) is 1. The highest BCUT2D eigenvalue weighted by Crippen LogP contribution is 2.43. The first kappa shape index (κ1) is 15.8. The predicted molar refractivity (Wildman–Crippen MR) is 81.6 cm³/mol. The molecular formula is C14H21BrClNO. The molecule has 1 N–H and O–H groups in total. The summed E-state index contributed by atoms with van der Waals surface area (Å²) in [5.74, 6) is 0.847. The number of halogens is 2. The highest BCUT2D eigenvalue weighted by molar-refractivity contribution is 9.10. The first-order valence-corrected chi connectivity index (χ1v) is 7.24. The van der Waals surface area contributed by atoms with Crippen molar-refractivity contribution in [3.63, 3.8) is 0 Å². The van der Waals surface area contributed by atoms with E-state index in [4.69, 9.17) is 16.3 Å². The van der Waals surface area contributed by atoms with Gasteiger partial charge in [-0.05, 0) is 46.9 Å². The number of ether oxygens (including phenoxy) is 1. The van der Waals surface area contributed by atoms with Crippen molar-refractivity contribution in [3.05, 3.63) is 27.2 Å². The van der Waals surface area contributed by atoms with Crippen LogP contribution in [0.25, 0.3) is 0 Å². The van der Waals surface area contributed by atoms with E-state index in [-0.39, 0.29) is 11.5 Å². The molecule has 102 valence electrons. The molecule has 1 atom stereocenters. The molecule has 0 spiro atoms. The third kappa shape index (κ3) is 3.19. The average molecular weight is 335 g/mol. The van der Waals surface area contributed by atoms with Crippen LogP contribution in [0.5, 0.6) is 5.75 Å². The molecule has 1 unspecified atom stereocenters. The van der Waals surface area contributed by atoms with Gasteiger partial charge in [0, 0.05) is 16.6 Å². The lowest BCUT2D eigenvalue weighted by atomic mass is 9.78. The van der Waals surface area contributed by atoms with E-state index in [9.17, 15) is 0 Å². The quantitative estimate of drug-likeness (QED) is 0.834. The van der Waals surface area contributed by atoms with Crippen LogP contribution in [0.1, 0.15) is 38.8 Å². The Bertz CT molecular complexity index is 421. The first-order valence-electron chi connectivity index (χ1n) is 6.07. The Hall–Kier alpha value is -0.250. The molecule has 2 nitrogen and oxygen atoms in total. The van der Waals surface area contributed by atoms with Gasteiger partial charge in [0.15, 0.2) is 0 Å². The summed E-state index contributed by atoms with van der Waals surface area (Å²) in [6.07, 6.45) is 1.06. The minimum atomic E-state index is 0.117. The fourth-order valence-electron chi connectivity index (χ4n) is 2.18. The van der Waals surface area contributed by atoms with Crippen LogP contribution >= 0.6 is 27.5 Å². The van der Waals surface area contributed by atoms with Gasteiger partial charge in [-0.2, -0.15) is 0 Å². The van der Waals surface area contributed by atoms with Crippen molar-refractivity contribution >= 4 is 27.5 Å². The third-order valence-electron chi connectivity index (χ3n) is 3.53. The molecule has 18 heavy (non-hydrogen) atoms. The second-order valence-corrected chi connectivity index (χ2v) is 6.36. The number of methoxy groups -OCH3 is 1. The Labute approximate surface area is 123 Å². The molecule has 0 amide bonds. The van der Waals surface area contributed by atoms with Crippen molar-refractivity contribution in [3.8, 4) is 5.75 Å². The van der Waals surface area contributed by atoms with Crippen molar-refractivity contribution in [1.29, 1.82) is 0 Å². The molecule has 0 bridgehead atoms. The predicted octanol–water partition coefficient (Wildman–Crippen LogP) is 4.81. The smallest absolute Gasteiger partial charge is 0.137 e. The zero-order valence-electron chi connectivity index (χ0n) is 11.6. The van der Waals surface area contributed by atoms with Gasteiger partial charge in [0.1, 0.15) is 5.75 Å². The fraction of sp³-hybridized carbons (Fsp3) is 0.571. The van der Waals surface area contributed by atoms with Crippen LogP contribution < -0.4 is 10.1 Å². The van der Waals surface area contributed by atoms with Gasteiger partial charge in [-0.25, -0.2) is 0 Å². The van der Waals surface area contributed by atoms with E-state index in [0.717, 1.165) is 22.2 Å². The van der Waals surface area contributed by atoms with Crippen molar-refractivity contribution in [2.24, 2.45) is 5.41 Å². The van der Waals surface area contributed by atoms with Gasteiger partial charge in [-0.1, -0.05) is 32.4 Å². The molecule has 0 aliphatic rings.